The monoisotopic (exact) mass is 321 g/mol. The highest BCUT2D eigenvalue weighted by Crippen LogP contribution is 2.38. The molecule has 2 aromatic rings. The Balaban J connectivity index is 2.31. The first-order valence-corrected chi connectivity index (χ1v) is 6.31. The summed E-state index contributed by atoms with van der Waals surface area (Å²) in [6, 6.07) is 4.68. The molecule has 0 amide bonds. The van der Waals surface area contributed by atoms with E-state index in [9.17, 15) is 10.1 Å². The van der Waals surface area contributed by atoms with Crippen LogP contribution in [0.5, 0.6) is 0 Å². The fourth-order valence-corrected chi connectivity index (χ4v) is 3.30. The van der Waals surface area contributed by atoms with Crippen LogP contribution in [0.1, 0.15) is 16.0 Å². The molecule has 2 rings (SSSR count). The lowest BCUT2D eigenvalue weighted by atomic mass is 10.3. The summed E-state index contributed by atoms with van der Waals surface area (Å²) in [5.41, 5.74) is 0. The maximum Gasteiger partial charge on any atom is 0.433 e. The molecule has 0 saturated heterocycles. The lowest BCUT2D eigenvalue weighted by Crippen LogP contribution is -1.88. The zero-order valence-corrected chi connectivity index (χ0v) is 10.9. The van der Waals surface area contributed by atoms with Gasteiger partial charge in [-0.2, -0.15) is 0 Å². The van der Waals surface area contributed by atoms with E-state index in [1.165, 1.54) is 23.5 Å². The minimum atomic E-state index is -0.587. The van der Waals surface area contributed by atoms with E-state index in [0.29, 0.717) is 5.76 Å². The number of thiophene rings is 1. The first kappa shape index (κ1) is 11.6. The van der Waals surface area contributed by atoms with Crippen LogP contribution in [0.2, 0.25) is 0 Å². The SMILES string of the molecule is O=[N+]([O-])c1ccc(C(Cl)c2sccc2Br)o1. The number of hydrogen-bond donors (Lipinski definition) is 0. The highest BCUT2D eigenvalue weighted by atomic mass is 79.9. The first-order valence-electron chi connectivity index (χ1n) is 4.20. The van der Waals surface area contributed by atoms with Gasteiger partial charge in [0.15, 0.2) is 0 Å². The molecule has 0 radical (unpaired) electrons. The molecule has 4 nitrogen and oxygen atoms in total. The zero-order valence-electron chi connectivity index (χ0n) is 7.72. The first-order chi connectivity index (χ1) is 7.59. The van der Waals surface area contributed by atoms with Crippen LogP contribution in [0.3, 0.4) is 0 Å². The predicted octanol–water partition coefficient (Wildman–Crippen LogP) is 4.34. The predicted molar refractivity (Wildman–Crippen MR) is 65.1 cm³/mol. The van der Waals surface area contributed by atoms with E-state index in [1.54, 1.807) is 0 Å². The van der Waals surface area contributed by atoms with Gasteiger partial charge >= 0.3 is 5.88 Å². The molecular formula is C9H5BrClNO3S. The Morgan fingerprint density at radius 2 is 2.25 bits per heavy atom. The number of furan rings is 1. The fourth-order valence-electron chi connectivity index (χ4n) is 1.19. The van der Waals surface area contributed by atoms with Crippen LogP contribution in [0.15, 0.2) is 32.5 Å². The largest absolute Gasteiger partial charge is 0.433 e. The summed E-state index contributed by atoms with van der Waals surface area (Å²) in [4.78, 5) is 10.7. The summed E-state index contributed by atoms with van der Waals surface area (Å²) in [6.45, 7) is 0. The van der Waals surface area contributed by atoms with Gasteiger partial charge in [0.05, 0.1) is 6.07 Å². The number of nitro groups is 1. The average Bonchev–Trinajstić information content (AvgIpc) is 2.84. The molecule has 0 saturated carbocycles. The Morgan fingerprint density at radius 3 is 2.75 bits per heavy atom. The number of halogens is 2. The summed E-state index contributed by atoms with van der Waals surface area (Å²) in [5, 5.41) is 11.8. The van der Waals surface area contributed by atoms with Crippen molar-refractivity contribution in [3.63, 3.8) is 0 Å². The van der Waals surface area contributed by atoms with Crippen molar-refractivity contribution in [2.45, 2.75) is 5.38 Å². The molecule has 0 aliphatic rings. The molecule has 1 atom stereocenters. The van der Waals surface area contributed by atoms with E-state index in [1.807, 2.05) is 11.4 Å². The molecule has 0 aliphatic heterocycles. The summed E-state index contributed by atoms with van der Waals surface area (Å²) >= 11 is 11.0. The van der Waals surface area contributed by atoms with Crippen LogP contribution in [0, 0.1) is 10.1 Å². The normalized spacial score (nSPS) is 12.6. The summed E-state index contributed by atoms with van der Waals surface area (Å²) in [5.74, 6) is 0.0739. The maximum atomic E-state index is 10.5. The molecule has 84 valence electrons. The highest BCUT2D eigenvalue weighted by molar-refractivity contribution is 9.10. The Kier molecular flexibility index (Phi) is 3.32. The fraction of sp³-hybridized carbons (Fsp3) is 0.111. The standard InChI is InChI=1S/C9H5BrClNO3S/c10-5-3-4-16-9(5)8(11)6-1-2-7(15-6)12(13)14/h1-4,8H. The van der Waals surface area contributed by atoms with Crippen molar-refractivity contribution in [2.24, 2.45) is 0 Å². The Hall–Kier alpha value is -0.850. The van der Waals surface area contributed by atoms with Crippen molar-refractivity contribution in [3.05, 3.63) is 48.8 Å². The molecule has 0 N–H and O–H groups in total. The molecule has 2 heterocycles. The van der Waals surface area contributed by atoms with Crippen molar-refractivity contribution in [2.75, 3.05) is 0 Å². The minimum absolute atomic E-state index is 0.298. The minimum Gasteiger partial charge on any atom is -0.404 e. The molecule has 7 heteroatoms. The molecule has 16 heavy (non-hydrogen) atoms. The lowest BCUT2D eigenvalue weighted by Gasteiger charge is -2.03. The van der Waals surface area contributed by atoms with Gasteiger partial charge in [-0.05, 0) is 33.4 Å². The van der Waals surface area contributed by atoms with Gasteiger partial charge in [-0.15, -0.1) is 22.9 Å². The molecule has 1 unspecified atom stereocenters. The maximum absolute atomic E-state index is 10.5. The number of alkyl halides is 1. The second-order valence-corrected chi connectivity index (χ2v) is 5.17. The molecular weight excluding hydrogens is 318 g/mol. The summed E-state index contributed by atoms with van der Waals surface area (Å²) in [7, 11) is 0. The van der Waals surface area contributed by atoms with Crippen LogP contribution >= 0.6 is 38.9 Å². The van der Waals surface area contributed by atoms with Gasteiger partial charge in [0, 0.05) is 9.35 Å². The van der Waals surface area contributed by atoms with Crippen LogP contribution in [0.25, 0.3) is 0 Å². The molecule has 0 fully saturated rings. The second kappa shape index (κ2) is 4.57. The number of hydrogen-bond acceptors (Lipinski definition) is 4. The van der Waals surface area contributed by atoms with Crippen molar-refractivity contribution in [3.8, 4) is 0 Å². The van der Waals surface area contributed by atoms with Crippen molar-refractivity contribution >= 4 is 44.8 Å². The highest BCUT2D eigenvalue weighted by Gasteiger charge is 2.21. The van der Waals surface area contributed by atoms with Crippen molar-refractivity contribution in [1.82, 2.24) is 0 Å². The third-order valence-corrected chi connectivity index (χ3v) is 4.42. The van der Waals surface area contributed by atoms with E-state index in [2.05, 4.69) is 15.9 Å². The summed E-state index contributed by atoms with van der Waals surface area (Å²) < 4.78 is 5.91. The quantitative estimate of drug-likeness (QED) is 0.480. The van der Waals surface area contributed by atoms with Gasteiger partial charge in [-0.25, -0.2) is 0 Å². The third-order valence-electron chi connectivity index (χ3n) is 1.92. The van der Waals surface area contributed by atoms with Gasteiger partial charge in [-0.3, -0.25) is 10.1 Å². The van der Waals surface area contributed by atoms with Crippen LogP contribution in [-0.4, -0.2) is 4.92 Å². The topological polar surface area (TPSA) is 56.3 Å². The van der Waals surface area contributed by atoms with Crippen molar-refractivity contribution in [1.29, 1.82) is 0 Å². The molecule has 2 aromatic heterocycles. The van der Waals surface area contributed by atoms with E-state index < -0.39 is 10.3 Å². The Labute approximate surface area is 108 Å². The Bertz CT molecular complexity index is 524. The average molecular weight is 323 g/mol. The van der Waals surface area contributed by atoms with Crippen LogP contribution in [0.4, 0.5) is 5.88 Å². The third kappa shape index (κ3) is 2.14. The second-order valence-electron chi connectivity index (χ2n) is 2.93. The zero-order chi connectivity index (χ0) is 11.7. The molecule has 0 spiro atoms. The van der Waals surface area contributed by atoms with Gasteiger partial charge < -0.3 is 4.42 Å². The lowest BCUT2D eigenvalue weighted by molar-refractivity contribution is -0.402. The van der Waals surface area contributed by atoms with E-state index in [4.69, 9.17) is 16.0 Å². The molecule has 0 bridgehead atoms. The van der Waals surface area contributed by atoms with E-state index in [-0.39, 0.29) is 5.88 Å². The number of rotatable bonds is 3. The smallest absolute Gasteiger partial charge is 0.404 e. The van der Waals surface area contributed by atoms with E-state index in [0.717, 1.165) is 9.35 Å². The van der Waals surface area contributed by atoms with Crippen LogP contribution in [-0.2, 0) is 0 Å². The van der Waals surface area contributed by atoms with Gasteiger partial charge in [-0.1, -0.05) is 0 Å². The van der Waals surface area contributed by atoms with Gasteiger partial charge in [0.1, 0.15) is 16.1 Å². The molecule has 0 aliphatic carbocycles. The number of nitrogens with zero attached hydrogens (tertiary/aromatic N) is 1. The van der Waals surface area contributed by atoms with Gasteiger partial charge in [0.25, 0.3) is 0 Å². The Morgan fingerprint density at radius 1 is 1.50 bits per heavy atom. The summed E-state index contributed by atoms with van der Waals surface area (Å²) in [6.07, 6.45) is 0. The molecule has 0 aromatic carbocycles. The van der Waals surface area contributed by atoms with Crippen molar-refractivity contribution < 1.29 is 9.34 Å². The van der Waals surface area contributed by atoms with Crippen LogP contribution < -0.4 is 0 Å². The van der Waals surface area contributed by atoms with E-state index >= 15 is 0 Å². The van der Waals surface area contributed by atoms with Gasteiger partial charge in [0.2, 0.25) is 0 Å².